The first-order chi connectivity index (χ1) is 20.6. The van der Waals surface area contributed by atoms with Crippen LogP contribution < -0.4 is 10.1 Å². The molecular weight excluding hydrogens is 524 g/mol. The average Bonchev–Trinajstić information content (AvgIpc) is 3.35. The van der Waals surface area contributed by atoms with Gasteiger partial charge in [-0.3, -0.25) is 4.79 Å². The summed E-state index contributed by atoms with van der Waals surface area (Å²) in [5, 5.41) is 15.5. The summed E-state index contributed by atoms with van der Waals surface area (Å²) in [6.07, 6.45) is 0.241. The molecular formula is C36H30N2O4. The first kappa shape index (κ1) is 26.8. The van der Waals surface area contributed by atoms with E-state index in [0.29, 0.717) is 30.0 Å². The molecule has 208 valence electrons. The molecule has 0 aliphatic carbocycles. The molecule has 0 aliphatic rings. The molecule has 0 bridgehead atoms. The molecule has 6 heteroatoms. The summed E-state index contributed by atoms with van der Waals surface area (Å²) in [6.45, 7) is 1.19. The fourth-order valence-electron chi connectivity index (χ4n) is 5.40. The van der Waals surface area contributed by atoms with Crippen LogP contribution in [-0.4, -0.2) is 34.1 Å². The first-order valence-electron chi connectivity index (χ1n) is 13.9. The highest BCUT2D eigenvalue weighted by Gasteiger charge is 2.21. The molecule has 1 aromatic heterocycles. The van der Waals surface area contributed by atoms with Crippen LogP contribution in [0.25, 0.3) is 21.8 Å². The summed E-state index contributed by atoms with van der Waals surface area (Å²) in [7, 11) is 0. The van der Waals surface area contributed by atoms with Gasteiger partial charge in [0.25, 0.3) is 0 Å². The van der Waals surface area contributed by atoms with E-state index in [0.717, 1.165) is 11.3 Å². The van der Waals surface area contributed by atoms with Crippen LogP contribution in [0.5, 0.6) is 5.75 Å². The van der Waals surface area contributed by atoms with Crippen LogP contribution in [0.3, 0.4) is 0 Å². The Morgan fingerprint density at radius 3 is 1.98 bits per heavy atom. The molecule has 0 saturated carbocycles. The third-order valence-corrected chi connectivity index (χ3v) is 7.46. The molecule has 42 heavy (non-hydrogen) atoms. The van der Waals surface area contributed by atoms with Crippen molar-refractivity contribution in [3.63, 3.8) is 0 Å². The second kappa shape index (κ2) is 12.0. The zero-order valence-electron chi connectivity index (χ0n) is 22.9. The van der Waals surface area contributed by atoms with Gasteiger partial charge in [-0.25, -0.2) is 4.79 Å². The number of carbonyl (C=O) groups excluding carboxylic acids is 1. The third-order valence-electron chi connectivity index (χ3n) is 7.46. The molecule has 6 rings (SSSR count). The summed E-state index contributed by atoms with van der Waals surface area (Å²) in [5.74, 6) is -0.438. The number of carboxylic acids is 1. The summed E-state index contributed by atoms with van der Waals surface area (Å²) < 4.78 is 8.35. The molecule has 0 radical (unpaired) electrons. The van der Waals surface area contributed by atoms with Crippen molar-refractivity contribution in [1.29, 1.82) is 0 Å². The molecule has 6 nitrogen and oxygen atoms in total. The standard InChI is InChI=1S/C36H30N2O4/c39-35(26-10-2-1-3-11-26)30-14-4-7-15-31(30)37-32(36(40)41)24-25-18-20-27(21-19-25)42-23-22-38-33-16-8-5-12-28(33)29-13-6-9-17-34(29)38/h1-21,32,37H,22-24H2,(H,40,41)/t32-/m0/s1. The van der Waals surface area contributed by atoms with Crippen LogP contribution in [-0.2, 0) is 17.8 Å². The topological polar surface area (TPSA) is 80.6 Å². The minimum atomic E-state index is -0.997. The van der Waals surface area contributed by atoms with Gasteiger partial charge in [-0.2, -0.15) is 0 Å². The molecule has 1 heterocycles. The number of benzene rings is 5. The minimum absolute atomic E-state index is 0.162. The summed E-state index contributed by atoms with van der Waals surface area (Å²) >= 11 is 0. The summed E-state index contributed by atoms with van der Waals surface area (Å²) in [6, 6.07) is 39.3. The Balaban J connectivity index is 1.12. The Kier molecular flexibility index (Phi) is 7.68. The Morgan fingerprint density at radius 1 is 0.714 bits per heavy atom. The number of aliphatic carboxylic acids is 1. The van der Waals surface area contributed by atoms with Crippen LogP contribution >= 0.6 is 0 Å². The number of carboxylic acid groups (broad SMARTS) is 1. The number of carbonyl (C=O) groups is 2. The van der Waals surface area contributed by atoms with Gasteiger partial charge in [0, 0.05) is 45.0 Å². The first-order valence-corrected chi connectivity index (χ1v) is 13.9. The van der Waals surface area contributed by atoms with Crippen molar-refractivity contribution in [3.8, 4) is 5.75 Å². The Morgan fingerprint density at radius 2 is 1.31 bits per heavy atom. The van der Waals surface area contributed by atoms with Crippen molar-refractivity contribution < 1.29 is 19.4 Å². The number of para-hydroxylation sites is 3. The van der Waals surface area contributed by atoms with Crippen molar-refractivity contribution in [3.05, 3.63) is 144 Å². The quantitative estimate of drug-likeness (QED) is 0.165. The van der Waals surface area contributed by atoms with E-state index >= 15 is 0 Å². The maximum Gasteiger partial charge on any atom is 0.326 e. The molecule has 0 aliphatic heterocycles. The number of rotatable bonds is 11. The molecule has 0 spiro atoms. The monoisotopic (exact) mass is 554 g/mol. The van der Waals surface area contributed by atoms with Gasteiger partial charge < -0.3 is 19.7 Å². The van der Waals surface area contributed by atoms with Gasteiger partial charge in [-0.15, -0.1) is 0 Å². The van der Waals surface area contributed by atoms with Crippen LogP contribution in [0.4, 0.5) is 5.69 Å². The molecule has 1 atom stereocenters. The van der Waals surface area contributed by atoms with Crippen molar-refractivity contribution in [2.75, 3.05) is 11.9 Å². The van der Waals surface area contributed by atoms with Gasteiger partial charge in [0.05, 0.1) is 6.54 Å². The molecule has 6 aromatic rings. The molecule has 0 unspecified atom stereocenters. The number of fused-ring (bicyclic) bond motifs is 3. The van der Waals surface area contributed by atoms with Gasteiger partial charge in [0.15, 0.2) is 5.78 Å². The Bertz CT molecular complexity index is 1810. The number of nitrogens with one attached hydrogen (secondary N) is 1. The van der Waals surface area contributed by atoms with E-state index in [1.165, 1.54) is 21.8 Å². The molecule has 0 fully saturated rings. The highest BCUT2D eigenvalue weighted by atomic mass is 16.5. The number of hydrogen-bond acceptors (Lipinski definition) is 4. The molecule has 0 saturated heterocycles. The maximum absolute atomic E-state index is 13.1. The minimum Gasteiger partial charge on any atom is -0.492 e. The number of nitrogens with zero attached hydrogens (tertiary/aromatic N) is 1. The van der Waals surface area contributed by atoms with Crippen LogP contribution in [0.2, 0.25) is 0 Å². The summed E-state index contributed by atoms with van der Waals surface area (Å²) in [5.41, 5.74) is 4.67. The van der Waals surface area contributed by atoms with E-state index in [9.17, 15) is 14.7 Å². The SMILES string of the molecule is O=C(c1ccccc1)c1ccccc1N[C@@H](Cc1ccc(OCCn2c3ccccc3c3ccccc32)cc1)C(=O)O. The van der Waals surface area contributed by atoms with Gasteiger partial charge in [0.1, 0.15) is 18.4 Å². The van der Waals surface area contributed by atoms with Gasteiger partial charge in [-0.05, 0) is 42.0 Å². The zero-order valence-corrected chi connectivity index (χ0v) is 22.9. The Labute approximate surface area is 243 Å². The molecule has 5 aromatic carbocycles. The fourth-order valence-corrected chi connectivity index (χ4v) is 5.40. The smallest absolute Gasteiger partial charge is 0.326 e. The van der Waals surface area contributed by atoms with E-state index < -0.39 is 12.0 Å². The maximum atomic E-state index is 13.1. The number of ketones is 1. The van der Waals surface area contributed by atoms with Gasteiger partial charge >= 0.3 is 5.97 Å². The highest BCUT2D eigenvalue weighted by molar-refractivity contribution is 6.12. The van der Waals surface area contributed by atoms with Crippen LogP contribution in [0, 0.1) is 0 Å². The number of anilines is 1. The average molecular weight is 555 g/mol. The largest absolute Gasteiger partial charge is 0.492 e. The van der Waals surface area contributed by atoms with Crippen LogP contribution in [0.15, 0.2) is 127 Å². The summed E-state index contributed by atoms with van der Waals surface area (Å²) in [4.78, 5) is 25.3. The van der Waals surface area contributed by atoms with E-state index in [4.69, 9.17) is 4.74 Å². The zero-order chi connectivity index (χ0) is 28.9. The third kappa shape index (κ3) is 5.60. The molecule has 0 amide bonds. The van der Waals surface area contributed by atoms with Crippen molar-refractivity contribution >= 4 is 39.2 Å². The van der Waals surface area contributed by atoms with Crippen molar-refractivity contribution in [1.82, 2.24) is 4.57 Å². The predicted octanol–water partition coefficient (Wildman–Crippen LogP) is 7.21. The normalized spacial score (nSPS) is 11.8. The van der Waals surface area contributed by atoms with E-state index in [1.54, 1.807) is 48.5 Å². The lowest BCUT2D eigenvalue weighted by molar-refractivity contribution is -0.137. The Hall–Kier alpha value is -5.36. The lowest BCUT2D eigenvalue weighted by atomic mass is 10.00. The molecule has 2 N–H and O–H groups in total. The number of ether oxygens (including phenoxy) is 1. The second-order valence-corrected chi connectivity index (χ2v) is 10.2. The second-order valence-electron chi connectivity index (χ2n) is 10.2. The van der Waals surface area contributed by atoms with Crippen molar-refractivity contribution in [2.45, 2.75) is 19.0 Å². The lowest BCUT2D eigenvalue weighted by Crippen LogP contribution is -2.32. The van der Waals surface area contributed by atoms with E-state index in [2.05, 4.69) is 58.4 Å². The van der Waals surface area contributed by atoms with Crippen LogP contribution in [0.1, 0.15) is 21.5 Å². The van der Waals surface area contributed by atoms with E-state index in [-0.39, 0.29) is 12.2 Å². The lowest BCUT2D eigenvalue weighted by Gasteiger charge is -2.18. The fraction of sp³-hybridized carbons (Fsp3) is 0.111. The highest BCUT2D eigenvalue weighted by Crippen LogP contribution is 2.29. The van der Waals surface area contributed by atoms with Gasteiger partial charge in [0.2, 0.25) is 0 Å². The van der Waals surface area contributed by atoms with Crippen molar-refractivity contribution in [2.24, 2.45) is 0 Å². The number of aromatic nitrogens is 1. The van der Waals surface area contributed by atoms with Gasteiger partial charge in [-0.1, -0.05) is 91.0 Å². The number of hydrogen-bond donors (Lipinski definition) is 2. The predicted molar refractivity (Wildman–Crippen MR) is 166 cm³/mol. The van der Waals surface area contributed by atoms with E-state index in [1.807, 2.05) is 30.3 Å².